The fraction of sp³-hybridized carbons (Fsp3) is 0.308. The van der Waals surface area contributed by atoms with Crippen molar-refractivity contribution < 1.29 is 9.18 Å². The van der Waals surface area contributed by atoms with Gasteiger partial charge in [-0.1, -0.05) is 31.2 Å². The lowest BCUT2D eigenvalue weighted by Crippen LogP contribution is -2.33. The van der Waals surface area contributed by atoms with Gasteiger partial charge in [0.1, 0.15) is 10.7 Å². The highest BCUT2D eigenvalue weighted by atomic mass is 32.1. The number of halogens is 1. The van der Waals surface area contributed by atoms with Crippen molar-refractivity contribution in [1.29, 1.82) is 0 Å². The lowest BCUT2D eigenvalue weighted by molar-refractivity contribution is 0.0954. The average Bonchev–Trinajstić information content (AvgIpc) is 3.47. The summed E-state index contributed by atoms with van der Waals surface area (Å²) in [6.45, 7) is 5.83. The van der Waals surface area contributed by atoms with Crippen molar-refractivity contribution in [2.75, 3.05) is 26.2 Å². The summed E-state index contributed by atoms with van der Waals surface area (Å²) in [5.41, 5.74) is 3.84. The number of pyridine rings is 1. The molecule has 1 aliphatic heterocycles. The summed E-state index contributed by atoms with van der Waals surface area (Å²) in [6.07, 6.45) is 5.24. The molecule has 1 aliphatic rings. The van der Waals surface area contributed by atoms with E-state index in [1.165, 1.54) is 41.9 Å². The molecule has 1 fully saturated rings. The van der Waals surface area contributed by atoms with Gasteiger partial charge in [0.25, 0.3) is 5.91 Å². The molecule has 4 nitrogen and oxygen atoms in total. The molecule has 32 heavy (non-hydrogen) atoms. The van der Waals surface area contributed by atoms with Crippen LogP contribution in [0, 0.1) is 5.82 Å². The Labute approximate surface area is 191 Å². The van der Waals surface area contributed by atoms with Crippen molar-refractivity contribution in [3.05, 3.63) is 64.9 Å². The van der Waals surface area contributed by atoms with Crippen LogP contribution in [0.15, 0.2) is 48.7 Å². The first-order valence-corrected chi connectivity index (χ1v) is 12.1. The summed E-state index contributed by atoms with van der Waals surface area (Å²) in [4.78, 5) is 20.9. The fourth-order valence-corrected chi connectivity index (χ4v) is 5.71. The minimum Gasteiger partial charge on any atom is -0.350 e. The topological polar surface area (TPSA) is 45.2 Å². The van der Waals surface area contributed by atoms with Crippen molar-refractivity contribution in [2.24, 2.45) is 0 Å². The Hall–Kier alpha value is -2.83. The average molecular weight is 448 g/mol. The van der Waals surface area contributed by atoms with Crippen molar-refractivity contribution in [3.8, 4) is 11.1 Å². The predicted molar refractivity (Wildman–Crippen MR) is 130 cm³/mol. The molecule has 0 unspecified atom stereocenters. The lowest BCUT2D eigenvalue weighted by atomic mass is 9.99. The zero-order valence-electron chi connectivity index (χ0n) is 18.2. The zero-order chi connectivity index (χ0) is 22.1. The Balaban J connectivity index is 1.58. The van der Waals surface area contributed by atoms with Crippen LogP contribution in [0.25, 0.3) is 32.1 Å². The fourth-order valence-electron chi connectivity index (χ4n) is 4.47. The Morgan fingerprint density at radius 1 is 1.12 bits per heavy atom. The van der Waals surface area contributed by atoms with E-state index < -0.39 is 0 Å². The van der Waals surface area contributed by atoms with E-state index in [1.54, 1.807) is 6.07 Å². The number of aromatic nitrogens is 1. The number of nitrogens with one attached hydrogen (secondary N) is 1. The molecule has 0 saturated carbocycles. The van der Waals surface area contributed by atoms with Gasteiger partial charge < -0.3 is 10.2 Å². The molecule has 1 saturated heterocycles. The van der Waals surface area contributed by atoms with Gasteiger partial charge in [0.15, 0.2) is 0 Å². The van der Waals surface area contributed by atoms with E-state index in [1.807, 2.05) is 6.20 Å². The molecule has 0 atom stereocenters. The van der Waals surface area contributed by atoms with E-state index >= 15 is 0 Å². The van der Waals surface area contributed by atoms with Crippen molar-refractivity contribution >= 4 is 38.2 Å². The predicted octanol–water partition coefficient (Wildman–Crippen LogP) is 5.64. The Bertz CT molecular complexity index is 1280. The van der Waals surface area contributed by atoms with E-state index in [0.29, 0.717) is 11.4 Å². The van der Waals surface area contributed by atoms with Crippen LogP contribution in [0.5, 0.6) is 0 Å². The van der Waals surface area contributed by atoms with Gasteiger partial charge in [0.05, 0.1) is 5.52 Å². The maximum atomic E-state index is 14.0. The molecule has 0 radical (unpaired) electrons. The summed E-state index contributed by atoms with van der Waals surface area (Å²) in [6, 6.07) is 13.0. The number of hydrogen-bond donors (Lipinski definition) is 1. The number of rotatable bonds is 6. The summed E-state index contributed by atoms with van der Waals surface area (Å²) < 4.78 is 14.9. The second-order valence-corrected chi connectivity index (χ2v) is 9.34. The minimum atomic E-state index is -0.300. The van der Waals surface area contributed by atoms with Crippen LogP contribution < -0.4 is 5.32 Å². The molecule has 1 amide bonds. The van der Waals surface area contributed by atoms with Crippen LogP contribution in [0.1, 0.15) is 35.0 Å². The molecule has 6 heteroatoms. The number of fused-ring (bicyclic) bond motifs is 3. The quantitative estimate of drug-likeness (QED) is 0.416. The molecule has 164 valence electrons. The maximum Gasteiger partial charge on any atom is 0.262 e. The van der Waals surface area contributed by atoms with E-state index in [4.69, 9.17) is 0 Å². The number of hydrogen-bond acceptors (Lipinski definition) is 4. The third-order valence-corrected chi connectivity index (χ3v) is 7.49. The molecular weight excluding hydrogens is 421 g/mol. The van der Waals surface area contributed by atoms with Gasteiger partial charge in [-0.2, -0.15) is 0 Å². The normalized spacial score (nSPS) is 14.4. The van der Waals surface area contributed by atoms with Gasteiger partial charge in [0.2, 0.25) is 0 Å². The summed E-state index contributed by atoms with van der Waals surface area (Å²) in [5, 5.41) is 4.75. The van der Waals surface area contributed by atoms with Gasteiger partial charge >= 0.3 is 0 Å². The molecule has 2 aromatic heterocycles. The highest BCUT2D eigenvalue weighted by molar-refractivity contribution is 7.22. The number of aryl methyl sites for hydroxylation is 1. The monoisotopic (exact) mass is 447 g/mol. The number of carbonyl (C=O) groups excluding carboxylic acids is 1. The first-order valence-electron chi connectivity index (χ1n) is 11.2. The third-order valence-electron chi connectivity index (χ3n) is 6.25. The molecule has 3 heterocycles. The summed E-state index contributed by atoms with van der Waals surface area (Å²) >= 11 is 1.43. The minimum absolute atomic E-state index is 0.0791. The second kappa shape index (κ2) is 8.96. The van der Waals surface area contributed by atoms with Crippen LogP contribution in [0.4, 0.5) is 4.39 Å². The van der Waals surface area contributed by atoms with Crippen LogP contribution in [-0.2, 0) is 6.42 Å². The number of benzene rings is 2. The third kappa shape index (κ3) is 4.00. The maximum absolute atomic E-state index is 14.0. The molecular formula is C26H26FN3OS. The van der Waals surface area contributed by atoms with Gasteiger partial charge in [-0.25, -0.2) is 4.39 Å². The number of amides is 1. The van der Waals surface area contributed by atoms with E-state index in [9.17, 15) is 9.18 Å². The van der Waals surface area contributed by atoms with Crippen molar-refractivity contribution in [2.45, 2.75) is 26.2 Å². The SMILES string of the molecule is CCc1ccc(-c2c(C(=O)NCCN3CCCC3)sc3c2cnc2ccc(F)cc23)cc1. The van der Waals surface area contributed by atoms with E-state index in [-0.39, 0.29) is 11.7 Å². The standard InChI is InChI=1S/C26H26FN3OS/c1-2-17-5-7-18(8-6-17)23-21-16-29-22-10-9-19(27)15-20(22)24(21)32-25(23)26(31)28-11-14-30-12-3-4-13-30/h5-10,15-16H,2-4,11-14H2,1H3,(H,28,31). The molecule has 0 spiro atoms. The number of nitrogens with zero attached hydrogens (tertiary/aromatic N) is 2. The smallest absolute Gasteiger partial charge is 0.262 e. The van der Waals surface area contributed by atoms with Crippen LogP contribution in [0.2, 0.25) is 0 Å². The first-order chi connectivity index (χ1) is 15.6. The van der Waals surface area contributed by atoms with E-state index in [2.05, 4.69) is 46.4 Å². The largest absolute Gasteiger partial charge is 0.350 e. The van der Waals surface area contributed by atoms with Crippen LogP contribution >= 0.6 is 11.3 Å². The zero-order valence-corrected chi connectivity index (χ0v) is 19.0. The summed E-state index contributed by atoms with van der Waals surface area (Å²) in [7, 11) is 0. The van der Waals surface area contributed by atoms with Crippen LogP contribution in [0.3, 0.4) is 0 Å². The van der Waals surface area contributed by atoms with Crippen LogP contribution in [-0.4, -0.2) is 42.0 Å². The number of likely N-dealkylation sites (tertiary alicyclic amines) is 1. The molecule has 2 aromatic carbocycles. The lowest BCUT2D eigenvalue weighted by Gasteiger charge is -2.14. The Kier molecular flexibility index (Phi) is 5.89. The number of thiophene rings is 1. The summed E-state index contributed by atoms with van der Waals surface area (Å²) in [5.74, 6) is -0.379. The molecule has 0 bridgehead atoms. The second-order valence-electron chi connectivity index (χ2n) is 8.32. The highest BCUT2D eigenvalue weighted by Gasteiger charge is 2.22. The first kappa shape index (κ1) is 21.0. The Morgan fingerprint density at radius 3 is 2.66 bits per heavy atom. The van der Waals surface area contributed by atoms with Gasteiger partial charge in [-0.05, 0) is 61.7 Å². The number of carbonyl (C=O) groups is 1. The highest BCUT2D eigenvalue weighted by Crippen LogP contribution is 2.41. The molecule has 4 aromatic rings. The molecule has 5 rings (SSSR count). The molecule has 1 N–H and O–H groups in total. The van der Waals surface area contributed by atoms with Gasteiger partial charge in [-0.15, -0.1) is 11.3 Å². The Morgan fingerprint density at radius 2 is 1.91 bits per heavy atom. The van der Waals surface area contributed by atoms with E-state index in [0.717, 1.165) is 58.2 Å². The van der Waals surface area contributed by atoms with Crippen molar-refractivity contribution in [1.82, 2.24) is 15.2 Å². The van der Waals surface area contributed by atoms with Crippen molar-refractivity contribution in [3.63, 3.8) is 0 Å². The molecule has 0 aliphatic carbocycles. The van der Waals surface area contributed by atoms with Gasteiger partial charge in [0, 0.05) is 40.3 Å². The van der Waals surface area contributed by atoms with Gasteiger partial charge in [-0.3, -0.25) is 9.78 Å².